The fourth-order valence-corrected chi connectivity index (χ4v) is 8.18. The van der Waals surface area contributed by atoms with Gasteiger partial charge in [0.2, 0.25) is 10.0 Å². The van der Waals surface area contributed by atoms with Crippen molar-refractivity contribution in [2.45, 2.75) is 45.2 Å². The van der Waals surface area contributed by atoms with E-state index in [-0.39, 0.29) is 22.6 Å². The first kappa shape index (κ1) is 17.0. The molecule has 6 nitrogen and oxygen atoms in total. The maximum Gasteiger partial charge on any atom is 0.260 e. The number of nitrogens with one attached hydrogen (secondary N) is 1. The van der Waals surface area contributed by atoms with Crippen molar-refractivity contribution < 1.29 is 18.4 Å². The highest BCUT2D eigenvalue weighted by Crippen LogP contribution is 2.70. The van der Waals surface area contributed by atoms with Crippen LogP contribution in [0.15, 0.2) is 30.3 Å². The predicted octanol–water partition coefficient (Wildman–Crippen LogP) is 2.07. The van der Waals surface area contributed by atoms with Crippen LogP contribution in [0.1, 0.15) is 44.7 Å². The van der Waals surface area contributed by atoms with Gasteiger partial charge >= 0.3 is 0 Å². The van der Waals surface area contributed by atoms with E-state index in [0.717, 1.165) is 23.6 Å². The number of hydrogen-bond donors (Lipinski definition) is 2. The lowest BCUT2D eigenvalue weighted by atomic mass is 9.69. The van der Waals surface area contributed by atoms with Crippen LogP contribution in [0.3, 0.4) is 0 Å². The van der Waals surface area contributed by atoms with E-state index in [1.165, 1.54) is 0 Å². The molecule has 0 unspecified atom stereocenters. The Labute approximate surface area is 148 Å². The second-order valence-corrected chi connectivity index (χ2v) is 10.1. The Kier molecular flexibility index (Phi) is 3.59. The number of carbonyl (C=O) groups excluding carboxylic acids is 1. The maximum atomic E-state index is 13.1. The Balaban J connectivity index is 1.74. The van der Waals surface area contributed by atoms with Gasteiger partial charge in [-0.2, -0.15) is 5.48 Å². The van der Waals surface area contributed by atoms with Gasteiger partial charge < -0.3 is 5.21 Å². The molecule has 2 saturated carbocycles. The second kappa shape index (κ2) is 5.28. The Morgan fingerprint density at radius 3 is 2.60 bits per heavy atom. The minimum Gasteiger partial charge on any atom is -0.316 e. The molecule has 1 spiro atoms. The molecule has 2 bridgehead atoms. The number of benzene rings is 1. The summed E-state index contributed by atoms with van der Waals surface area (Å²) in [6, 6.07) is 7.36. The largest absolute Gasteiger partial charge is 0.316 e. The lowest BCUT2D eigenvalue weighted by Gasteiger charge is -2.37. The summed E-state index contributed by atoms with van der Waals surface area (Å²) in [5.41, 5.74) is 2.12. The Bertz CT molecular complexity index is 808. The van der Waals surface area contributed by atoms with Gasteiger partial charge in [0.05, 0.1) is 11.8 Å². The summed E-state index contributed by atoms with van der Waals surface area (Å²) in [6.45, 7) is 4.29. The monoisotopic (exact) mass is 364 g/mol. The summed E-state index contributed by atoms with van der Waals surface area (Å²) in [7, 11) is -3.69. The van der Waals surface area contributed by atoms with E-state index in [1.54, 1.807) is 24.3 Å². The van der Waals surface area contributed by atoms with E-state index in [1.807, 2.05) is 11.5 Å². The average Bonchev–Trinajstić information content (AvgIpc) is 3.03. The summed E-state index contributed by atoms with van der Waals surface area (Å²) in [6.07, 6.45) is 2.60. The van der Waals surface area contributed by atoms with Crippen LogP contribution in [0, 0.1) is 16.7 Å². The van der Waals surface area contributed by atoms with E-state index in [2.05, 4.69) is 13.8 Å². The van der Waals surface area contributed by atoms with Crippen molar-refractivity contribution in [3.63, 3.8) is 0 Å². The van der Waals surface area contributed by atoms with Crippen LogP contribution in [0.5, 0.6) is 0 Å². The third-order valence-electron chi connectivity index (χ3n) is 7.14. The highest BCUT2D eigenvalue weighted by atomic mass is 32.2. The molecular formula is C18H24N2O4S. The molecule has 3 fully saturated rings. The van der Waals surface area contributed by atoms with Crippen molar-refractivity contribution in [2.75, 3.05) is 5.75 Å². The van der Waals surface area contributed by atoms with Crippen molar-refractivity contribution in [1.29, 1.82) is 0 Å². The van der Waals surface area contributed by atoms with Crippen LogP contribution in [0.4, 0.5) is 0 Å². The molecule has 1 heterocycles. The van der Waals surface area contributed by atoms with Gasteiger partial charge in [-0.1, -0.05) is 44.2 Å². The number of carbonyl (C=O) groups is 1. The van der Waals surface area contributed by atoms with Gasteiger partial charge in [0.15, 0.2) is 0 Å². The van der Waals surface area contributed by atoms with Crippen LogP contribution >= 0.6 is 0 Å². The van der Waals surface area contributed by atoms with Crippen LogP contribution < -0.4 is 5.48 Å². The van der Waals surface area contributed by atoms with Gasteiger partial charge in [-0.3, -0.25) is 4.79 Å². The van der Waals surface area contributed by atoms with E-state index in [4.69, 9.17) is 0 Å². The van der Waals surface area contributed by atoms with Crippen molar-refractivity contribution in [3.05, 3.63) is 35.9 Å². The van der Waals surface area contributed by atoms with Crippen molar-refractivity contribution in [1.82, 2.24) is 9.79 Å². The molecule has 1 aliphatic heterocycles. The molecule has 0 radical (unpaired) electrons. The normalized spacial score (nSPS) is 35.6. The van der Waals surface area contributed by atoms with E-state index >= 15 is 0 Å². The minimum absolute atomic E-state index is 0.0346. The molecule has 0 aromatic heterocycles. The Morgan fingerprint density at radius 2 is 2.00 bits per heavy atom. The van der Waals surface area contributed by atoms with Crippen molar-refractivity contribution in [3.8, 4) is 0 Å². The molecule has 2 N–H and O–H groups in total. The molecule has 25 heavy (non-hydrogen) atoms. The van der Waals surface area contributed by atoms with E-state index in [9.17, 15) is 18.4 Å². The highest BCUT2D eigenvalue weighted by molar-refractivity contribution is 7.90. The van der Waals surface area contributed by atoms with Crippen LogP contribution in [-0.2, 0) is 14.8 Å². The molecule has 4 atom stereocenters. The first-order valence-electron chi connectivity index (χ1n) is 8.75. The average molecular weight is 364 g/mol. The number of nitrogens with zero attached hydrogens (tertiary/aromatic N) is 1. The fraction of sp³-hybridized carbons (Fsp3) is 0.611. The summed E-state index contributed by atoms with van der Waals surface area (Å²) in [5, 5.41) is 9.56. The van der Waals surface area contributed by atoms with E-state index in [0.29, 0.717) is 11.5 Å². The molecule has 1 amide bonds. The quantitative estimate of drug-likeness (QED) is 0.802. The van der Waals surface area contributed by atoms with Crippen LogP contribution in [0.25, 0.3) is 0 Å². The minimum atomic E-state index is -3.69. The number of fused-ring (bicyclic) bond motifs is 1. The topological polar surface area (TPSA) is 86.7 Å². The van der Waals surface area contributed by atoms with Crippen molar-refractivity contribution in [2.24, 2.45) is 16.7 Å². The number of rotatable bonds is 3. The molecule has 136 valence electrons. The molecule has 1 aromatic carbocycles. The lowest BCUT2D eigenvalue weighted by Crippen LogP contribution is -2.47. The maximum absolute atomic E-state index is 13.1. The number of hydrogen-bond acceptors (Lipinski definition) is 5. The van der Waals surface area contributed by atoms with Gasteiger partial charge in [-0.05, 0) is 36.2 Å². The van der Waals surface area contributed by atoms with Gasteiger partial charge in [-0.15, -0.1) is 0 Å². The summed E-state index contributed by atoms with van der Waals surface area (Å²) < 4.78 is 27.0. The second-order valence-electron chi connectivity index (χ2n) is 8.23. The third kappa shape index (κ3) is 2.09. The van der Waals surface area contributed by atoms with Gasteiger partial charge in [0.1, 0.15) is 6.04 Å². The molecule has 2 aliphatic carbocycles. The molecule has 3 aliphatic rings. The fourth-order valence-electron chi connectivity index (χ4n) is 5.62. The highest BCUT2D eigenvalue weighted by Gasteiger charge is 2.72. The number of amides is 1. The number of hydroxylamine groups is 1. The van der Waals surface area contributed by atoms with Gasteiger partial charge in [-0.25, -0.2) is 12.7 Å². The summed E-state index contributed by atoms with van der Waals surface area (Å²) in [4.78, 5) is 13.1. The Morgan fingerprint density at radius 1 is 1.32 bits per heavy atom. The van der Waals surface area contributed by atoms with Gasteiger partial charge in [0.25, 0.3) is 5.91 Å². The molecule has 1 saturated heterocycles. The number of sulfonamides is 1. The van der Waals surface area contributed by atoms with Crippen LogP contribution in [0.2, 0.25) is 0 Å². The standard InChI is InChI=1S/C18H24N2O4S/c1-17(2)13-8-9-18(17)11-25(23,24)20(14(18)10-13)16(21)15(19-22)12-6-4-3-5-7-12/h3-7,13-15,19,22H,8-11H2,1-2H3/t13-,14-,15-,18-/m1/s1. The SMILES string of the molecule is CC1(C)[C@@H]2CC[C@]13CS(=O)(=O)N(C(=O)[C@H](NO)c1ccccc1)[C@@H]3C2. The first-order valence-corrected chi connectivity index (χ1v) is 10.4. The van der Waals surface area contributed by atoms with Crippen molar-refractivity contribution >= 4 is 15.9 Å². The zero-order chi connectivity index (χ0) is 18.0. The molecule has 1 aromatic rings. The molecule has 4 rings (SSSR count). The molecular weight excluding hydrogens is 340 g/mol. The van der Waals surface area contributed by atoms with Gasteiger partial charge in [0, 0.05) is 5.41 Å². The summed E-state index contributed by atoms with van der Waals surface area (Å²) in [5.74, 6) is -0.105. The zero-order valence-electron chi connectivity index (χ0n) is 14.5. The first-order chi connectivity index (χ1) is 11.7. The zero-order valence-corrected chi connectivity index (χ0v) is 15.3. The van der Waals surface area contributed by atoms with E-state index < -0.39 is 22.0 Å². The summed E-state index contributed by atoms with van der Waals surface area (Å²) >= 11 is 0. The smallest absolute Gasteiger partial charge is 0.260 e. The lowest BCUT2D eigenvalue weighted by molar-refractivity contribution is -0.134. The van der Waals surface area contributed by atoms with Crippen LogP contribution in [-0.4, -0.2) is 35.6 Å². The Hall–Kier alpha value is -1.44. The molecule has 7 heteroatoms. The third-order valence-corrected chi connectivity index (χ3v) is 9.05. The predicted molar refractivity (Wildman–Crippen MR) is 92.1 cm³/mol.